The molecule has 0 saturated carbocycles. The van der Waals surface area contributed by atoms with E-state index in [9.17, 15) is 5.11 Å². The first kappa shape index (κ1) is 28.2. The van der Waals surface area contributed by atoms with Crippen LogP contribution in [0, 0.1) is 12.8 Å². The zero-order valence-corrected chi connectivity index (χ0v) is 21.6. The van der Waals surface area contributed by atoms with Gasteiger partial charge in [-0.15, -0.1) is 0 Å². The number of phenols is 1. The Balaban J connectivity index is 0.000000420. The summed E-state index contributed by atoms with van der Waals surface area (Å²) in [6.45, 7) is 13.2. The van der Waals surface area contributed by atoms with E-state index in [4.69, 9.17) is 10.5 Å². The molecule has 33 heavy (non-hydrogen) atoms. The van der Waals surface area contributed by atoms with E-state index in [-0.39, 0.29) is 5.75 Å². The van der Waals surface area contributed by atoms with Crippen molar-refractivity contribution in [3.63, 3.8) is 0 Å². The monoisotopic (exact) mass is 453 g/mol. The number of unbranched alkanes of at least 4 members (excludes halogenated alkanes) is 3. The molecule has 1 aliphatic rings. The van der Waals surface area contributed by atoms with Gasteiger partial charge in [-0.1, -0.05) is 66.7 Å². The minimum atomic E-state index is 0.138. The van der Waals surface area contributed by atoms with Crippen molar-refractivity contribution < 1.29 is 9.84 Å². The summed E-state index contributed by atoms with van der Waals surface area (Å²) in [6.07, 6.45) is 12.3. The molecule has 0 amide bonds. The molecule has 3 N–H and O–H groups in total. The number of aromatic nitrogens is 1. The Morgan fingerprint density at radius 3 is 2.48 bits per heavy atom. The molecule has 0 saturated heterocycles. The number of nitrogens with two attached hydrogens (primary N) is 1. The van der Waals surface area contributed by atoms with E-state index in [0.717, 1.165) is 22.6 Å². The van der Waals surface area contributed by atoms with Crippen LogP contribution in [0.3, 0.4) is 0 Å². The van der Waals surface area contributed by atoms with Crippen LogP contribution in [0.4, 0.5) is 0 Å². The quantitative estimate of drug-likeness (QED) is 0.447. The molecule has 182 valence electrons. The molecule has 5 heteroatoms. The van der Waals surface area contributed by atoms with Crippen molar-refractivity contribution in [1.82, 2.24) is 4.98 Å². The first-order chi connectivity index (χ1) is 15.9. The lowest BCUT2D eigenvalue weighted by molar-refractivity contribution is 0.406. The lowest BCUT2D eigenvalue weighted by Crippen LogP contribution is -2.10. The van der Waals surface area contributed by atoms with E-state index in [2.05, 4.69) is 30.7 Å². The van der Waals surface area contributed by atoms with Gasteiger partial charge in [0.1, 0.15) is 11.5 Å². The van der Waals surface area contributed by atoms with Crippen LogP contribution in [0.1, 0.15) is 89.0 Å². The fraction of sp³-hybridized carbons (Fsp3) is 0.500. The third kappa shape index (κ3) is 8.56. The summed E-state index contributed by atoms with van der Waals surface area (Å²) < 4.78 is 5.44. The second-order valence-electron chi connectivity index (χ2n) is 8.37. The number of aliphatic imine (C=N–C) groups is 1. The normalized spacial score (nSPS) is 12.2. The third-order valence-electron chi connectivity index (χ3n) is 5.27. The van der Waals surface area contributed by atoms with Crippen molar-refractivity contribution in [2.45, 2.75) is 73.6 Å². The smallest absolute Gasteiger partial charge is 0.132 e. The molecule has 3 rings (SSSR count). The molecule has 5 nitrogen and oxygen atoms in total. The summed E-state index contributed by atoms with van der Waals surface area (Å²) in [7, 11) is 1.58. The van der Waals surface area contributed by atoms with Gasteiger partial charge in [0, 0.05) is 29.2 Å². The first-order valence-electron chi connectivity index (χ1n) is 12.2. The summed E-state index contributed by atoms with van der Waals surface area (Å²) in [5, 5.41) is 10.4. The fourth-order valence-corrected chi connectivity index (χ4v) is 3.59. The number of nitrogens with zero attached hydrogens (tertiary/aromatic N) is 2. The van der Waals surface area contributed by atoms with Gasteiger partial charge in [0.05, 0.1) is 24.9 Å². The molecule has 2 heterocycles. The van der Waals surface area contributed by atoms with Crippen LogP contribution in [-0.2, 0) is 0 Å². The third-order valence-corrected chi connectivity index (χ3v) is 5.27. The maximum Gasteiger partial charge on any atom is 0.132 e. The molecule has 2 aromatic rings. The lowest BCUT2D eigenvalue weighted by atomic mass is 9.96. The van der Waals surface area contributed by atoms with Crippen molar-refractivity contribution in [2.75, 3.05) is 13.7 Å². The van der Waals surface area contributed by atoms with Crippen LogP contribution in [0.5, 0.6) is 11.5 Å². The molecule has 1 aromatic carbocycles. The van der Waals surface area contributed by atoms with Crippen molar-refractivity contribution >= 4 is 11.4 Å². The topological polar surface area (TPSA) is 80.7 Å². The van der Waals surface area contributed by atoms with Gasteiger partial charge in [0.25, 0.3) is 0 Å². The highest BCUT2D eigenvalue weighted by Gasteiger charge is 2.22. The van der Waals surface area contributed by atoms with Gasteiger partial charge >= 0.3 is 0 Å². The van der Waals surface area contributed by atoms with Crippen LogP contribution >= 0.6 is 0 Å². The number of hydrogen-bond acceptors (Lipinski definition) is 5. The molecule has 0 fully saturated rings. The van der Waals surface area contributed by atoms with E-state index < -0.39 is 0 Å². The number of rotatable bonds is 7. The average Bonchev–Trinajstić information content (AvgIpc) is 2.97. The van der Waals surface area contributed by atoms with Crippen molar-refractivity contribution in [3.05, 3.63) is 58.9 Å². The Morgan fingerprint density at radius 1 is 1.12 bits per heavy atom. The molecule has 0 bridgehead atoms. The summed E-state index contributed by atoms with van der Waals surface area (Å²) >= 11 is 0. The molecular weight excluding hydrogens is 410 g/mol. The minimum absolute atomic E-state index is 0.138. The van der Waals surface area contributed by atoms with Gasteiger partial charge in [-0.05, 0) is 42.7 Å². The first-order valence-corrected chi connectivity index (χ1v) is 12.2. The molecule has 0 unspecified atom stereocenters. The number of phenolic OH excluding ortho intramolecular Hbond substituents is 1. The Bertz CT molecular complexity index is 917. The number of aromatic hydroxyl groups is 1. The van der Waals surface area contributed by atoms with Gasteiger partial charge in [0.2, 0.25) is 0 Å². The largest absolute Gasteiger partial charge is 0.507 e. The molecule has 0 radical (unpaired) electrons. The van der Waals surface area contributed by atoms with Gasteiger partial charge in [-0.3, -0.25) is 9.98 Å². The van der Waals surface area contributed by atoms with Gasteiger partial charge in [0.15, 0.2) is 0 Å². The highest BCUT2D eigenvalue weighted by molar-refractivity contribution is 6.18. The fourth-order valence-electron chi connectivity index (χ4n) is 3.59. The van der Waals surface area contributed by atoms with Crippen molar-refractivity contribution in [3.8, 4) is 11.5 Å². The molecular formula is C28H43N3O2. The van der Waals surface area contributed by atoms with E-state index in [1.807, 2.05) is 39.0 Å². The van der Waals surface area contributed by atoms with Crippen molar-refractivity contribution in [2.24, 2.45) is 16.6 Å². The van der Waals surface area contributed by atoms with Crippen molar-refractivity contribution in [1.29, 1.82) is 0 Å². The van der Waals surface area contributed by atoms with Gasteiger partial charge in [-0.25, -0.2) is 0 Å². The van der Waals surface area contributed by atoms with Crippen LogP contribution in [0.15, 0.2) is 41.7 Å². The predicted molar refractivity (Wildman–Crippen MR) is 141 cm³/mol. The molecule has 0 aliphatic carbocycles. The summed E-state index contributed by atoms with van der Waals surface area (Å²) in [4.78, 5) is 8.70. The second kappa shape index (κ2) is 15.1. The van der Waals surface area contributed by atoms with E-state index in [0.29, 0.717) is 29.3 Å². The SMILES string of the molecule is CC.CCCCCCC(C)C.COc1cc(C)cc(O)c1C1=NCC=C(N)c2cnccc21. The molecule has 0 spiro atoms. The van der Waals surface area contributed by atoms with E-state index in [1.165, 1.54) is 32.1 Å². The average molecular weight is 454 g/mol. The summed E-state index contributed by atoms with van der Waals surface area (Å²) in [6, 6.07) is 5.42. The lowest BCUT2D eigenvalue weighted by Gasteiger charge is -2.15. The Hall–Kier alpha value is -2.82. The Labute approximate surface area is 200 Å². The zero-order chi connectivity index (χ0) is 24.8. The maximum absolute atomic E-state index is 10.4. The zero-order valence-electron chi connectivity index (χ0n) is 21.6. The Kier molecular flexibility index (Phi) is 12.9. The Morgan fingerprint density at radius 2 is 1.85 bits per heavy atom. The van der Waals surface area contributed by atoms with E-state index in [1.54, 1.807) is 25.6 Å². The highest BCUT2D eigenvalue weighted by Crippen LogP contribution is 2.34. The van der Waals surface area contributed by atoms with Gasteiger partial charge in [-0.2, -0.15) is 0 Å². The molecule has 1 aromatic heterocycles. The highest BCUT2D eigenvalue weighted by atomic mass is 16.5. The summed E-state index contributed by atoms with van der Waals surface area (Å²) in [5.41, 5.74) is 10.5. The molecule has 0 atom stereocenters. The standard InChI is InChI=1S/C17H17N3O2.C9H20.C2H6/c1-10-7-14(21)16(15(8-10)22-2)17-11-3-5-19-9-12(11)13(18)4-6-20-17;1-4-5-6-7-8-9(2)3;1-2/h3-5,7-9,21H,6,18H2,1-2H3;9H,4-8H2,1-3H3;1-2H3. The van der Waals surface area contributed by atoms with Crippen LogP contribution in [0.25, 0.3) is 5.70 Å². The second-order valence-corrected chi connectivity index (χ2v) is 8.37. The number of aryl methyl sites for hydroxylation is 1. The van der Waals surface area contributed by atoms with E-state index >= 15 is 0 Å². The maximum atomic E-state index is 10.4. The number of pyridine rings is 1. The number of benzene rings is 1. The number of ether oxygens (including phenoxy) is 1. The minimum Gasteiger partial charge on any atom is -0.507 e. The number of fused-ring (bicyclic) bond motifs is 1. The predicted octanol–water partition coefficient (Wildman–Crippen LogP) is 6.89. The van der Waals surface area contributed by atoms with Gasteiger partial charge < -0.3 is 15.6 Å². The summed E-state index contributed by atoms with van der Waals surface area (Å²) in [5.74, 6) is 1.63. The van der Waals surface area contributed by atoms with Crippen LogP contribution in [-0.4, -0.2) is 29.5 Å². The van der Waals surface area contributed by atoms with Crippen LogP contribution < -0.4 is 10.5 Å². The number of hydrogen-bond donors (Lipinski definition) is 2. The number of methoxy groups -OCH3 is 1. The molecule has 1 aliphatic heterocycles. The van der Waals surface area contributed by atoms with Crippen LogP contribution in [0.2, 0.25) is 0 Å².